The van der Waals surface area contributed by atoms with Crippen LogP contribution in [0.5, 0.6) is 0 Å². The second-order valence-corrected chi connectivity index (χ2v) is 9.47. The zero-order valence-electron chi connectivity index (χ0n) is 19.5. The second-order valence-electron chi connectivity index (χ2n) is 9.47. The molecule has 1 heterocycles. The molecule has 1 N–H and O–H groups in total. The molecule has 0 unspecified atom stereocenters. The van der Waals surface area contributed by atoms with E-state index < -0.39 is 0 Å². The average molecular weight is 438 g/mol. The third-order valence-electron chi connectivity index (χ3n) is 5.11. The van der Waals surface area contributed by atoms with E-state index in [1.54, 1.807) is 12.1 Å². The third kappa shape index (κ3) is 6.76. The Balaban J connectivity index is 1.77. The first-order chi connectivity index (χ1) is 15.1. The van der Waals surface area contributed by atoms with Gasteiger partial charge in [0, 0.05) is 19.1 Å². The number of hydrogen-bond donors (Lipinski definition) is 1. The van der Waals surface area contributed by atoms with Gasteiger partial charge in [-0.25, -0.2) is 9.37 Å². The van der Waals surface area contributed by atoms with Gasteiger partial charge in [0.2, 0.25) is 5.89 Å². The van der Waals surface area contributed by atoms with E-state index in [-0.39, 0.29) is 28.9 Å². The van der Waals surface area contributed by atoms with Crippen LogP contribution in [0, 0.1) is 5.82 Å². The maximum absolute atomic E-state index is 13.3. The number of rotatable bonds is 8. The number of halogens is 1. The molecule has 2 aromatic carbocycles. The molecule has 3 aromatic rings. The van der Waals surface area contributed by atoms with Gasteiger partial charge in [0.25, 0.3) is 5.91 Å². The van der Waals surface area contributed by atoms with Crippen molar-refractivity contribution in [1.82, 2.24) is 15.2 Å². The lowest BCUT2D eigenvalue weighted by atomic mass is 9.87. The zero-order chi connectivity index (χ0) is 23.3. The highest BCUT2D eigenvalue weighted by Gasteiger charge is 2.17. The molecule has 0 aliphatic carbocycles. The predicted molar refractivity (Wildman–Crippen MR) is 124 cm³/mol. The van der Waals surface area contributed by atoms with Crippen molar-refractivity contribution in [1.29, 1.82) is 0 Å². The maximum Gasteiger partial charge on any atom is 0.273 e. The fraction of sp³-hybridized carbons (Fsp3) is 0.385. The van der Waals surface area contributed by atoms with Crippen molar-refractivity contribution in [3.05, 3.63) is 88.9 Å². The van der Waals surface area contributed by atoms with Gasteiger partial charge < -0.3 is 9.73 Å². The van der Waals surface area contributed by atoms with Gasteiger partial charge in [-0.15, -0.1) is 0 Å². The minimum absolute atomic E-state index is 0.0219. The Hall–Kier alpha value is -2.99. The number of nitrogens with one attached hydrogen (secondary N) is 1. The number of amides is 1. The van der Waals surface area contributed by atoms with Crippen LogP contribution in [-0.2, 0) is 25.0 Å². The molecular weight excluding hydrogens is 405 g/mol. The molecule has 0 aliphatic heterocycles. The molecule has 0 spiro atoms. The minimum Gasteiger partial charge on any atom is -0.447 e. The first-order valence-corrected chi connectivity index (χ1v) is 10.9. The summed E-state index contributed by atoms with van der Waals surface area (Å²) in [5.41, 5.74) is 3.79. The van der Waals surface area contributed by atoms with Crippen LogP contribution in [0.3, 0.4) is 0 Å². The van der Waals surface area contributed by atoms with Gasteiger partial charge >= 0.3 is 0 Å². The van der Waals surface area contributed by atoms with Crippen LogP contribution < -0.4 is 5.32 Å². The smallest absolute Gasteiger partial charge is 0.273 e. The van der Waals surface area contributed by atoms with Crippen LogP contribution >= 0.6 is 0 Å². The van der Waals surface area contributed by atoms with Crippen LogP contribution in [0.25, 0.3) is 0 Å². The van der Waals surface area contributed by atoms with Crippen molar-refractivity contribution in [3.63, 3.8) is 0 Å². The Bertz CT molecular complexity index is 1020. The first kappa shape index (κ1) is 23.7. The summed E-state index contributed by atoms with van der Waals surface area (Å²) in [6.45, 7) is 12.1. The quantitative estimate of drug-likeness (QED) is 0.509. The summed E-state index contributed by atoms with van der Waals surface area (Å²) in [4.78, 5) is 18.7. The molecule has 170 valence electrons. The third-order valence-corrected chi connectivity index (χ3v) is 5.11. The summed E-state index contributed by atoms with van der Waals surface area (Å²) in [6, 6.07) is 15.1. The predicted octanol–water partition coefficient (Wildman–Crippen LogP) is 5.45. The van der Waals surface area contributed by atoms with Crippen molar-refractivity contribution in [2.75, 3.05) is 0 Å². The normalized spacial score (nSPS) is 11.9. The molecule has 5 nitrogen and oxygen atoms in total. The summed E-state index contributed by atoms with van der Waals surface area (Å²) in [6.07, 6.45) is 1.39. The Morgan fingerprint density at radius 3 is 2.09 bits per heavy atom. The summed E-state index contributed by atoms with van der Waals surface area (Å²) in [5, 5.41) is 2.82. The molecule has 0 saturated carbocycles. The van der Waals surface area contributed by atoms with E-state index in [1.165, 1.54) is 24.0 Å². The number of carbonyl (C=O) groups is 1. The highest BCUT2D eigenvalue weighted by atomic mass is 19.1. The monoisotopic (exact) mass is 437 g/mol. The first-order valence-electron chi connectivity index (χ1n) is 10.9. The lowest BCUT2D eigenvalue weighted by molar-refractivity contribution is 0.0938. The van der Waals surface area contributed by atoms with Crippen LogP contribution in [0.4, 0.5) is 4.39 Å². The molecule has 32 heavy (non-hydrogen) atoms. The van der Waals surface area contributed by atoms with E-state index in [4.69, 9.17) is 4.42 Å². The van der Waals surface area contributed by atoms with E-state index in [0.717, 1.165) is 11.1 Å². The van der Waals surface area contributed by atoms with Crippen LogP contribution in [0.15, 0.2) is 59.2 Å². The van der Waals surface area contributed by atoms with Crippen molar-refractivity contribution in [3.8, 4) is 0 Å². The van der Waals surface area contributed by atoms with Crippen LogP contribution in [-0.4, -0.2) is 21.8 Å². The lowest BCUT2D eigenvalue weighted by Gasteiger charge is -2.23. The molecule has 0 aliphatic rings. The van der Waals surface area contributed by atoms with Gasteiger partial charge in [0.15, 0.2) is 5.69 Å². The van der Waals surface area contributed by atoms with Crippen LogP contribution in [0.2, 0.25) is 0 Å². The standard InChI is InChI=1S/C26H32FN3O2/c1-18(2)28-25(31)23-17-32-24(29-23)16-30(15-20-8-12-22(27)13-9-20)14-19-6-10-21(11-7-19)26(3,4)5/h6-13,17-18H,14-16H2,1-5H3,(H,28,31). The number of oxazole rings is 1. The molecule has 0 fully saturated rings. The number of nitrogens with zero attached hydrogens (tertiary/aromatic N) is 2. The average Bonchev–Trinajstić information content (AvgIpc) is 3.17. The zero-order valence-corrected chi connectivity index (χ0v) is 19.5. The molecule has 1 amide bonds. The SMILES string of the molecule is CC(C)NC(=O)c1coc(CN(Cc2ccc(F)cc2)Cc2ccc(C(C)(C)C)cc2)n1. The van der Waals surface area contributed by atoms with Gasteiger partial charge in [-0.1, -0.05) is 57.2 Å². The molecule has 1 aromatic heterocycles. The van der Waals surface area contributed by atoms with Gasteiger partial charge in [-0.05, 0) is 48.1 Å². The Morgan fingerprint density at radius 1 is 1.00 bits per heavy atom. The molecule has 3 rings (SSSR count). The Labute approximate surface area is 189 Å². The molecule has 0 radical (unpaired) electrons. The summed E-state index contributed by atoms with van der Waals surface area (Å²) in [5.74, 6) is -0.0447. The van der Waals surface area contributed by atoms with Crippen molar-refractivity contribution in [2.24, 2.45) is 0 Å². The molecule has 6 heteroatoms. The van der Waals surface area contributed by atoms with Gasteiger partial charge in [0.05, 0.1) is 6.54 Å². The van der Waals surface area contributed by atoms with Gasteiger partial charge in [0.1, 0.15) is 12.1 Å². The largest absolute Gasteiger partial charge is 0.447 e. The number of benzene rings is 2. The number of hydrogen-bond acceptors (Lipinski definition) is 4. The summed E-state index contributed by atoms with van der Waals surface area (Å²) >= 11 is 0. The Kier molecular flexibility index (Phi) is 7.46. The number of aromatic nitrogens is 1. The van der Waals surface area contributed by atoms with Gasteiger partial charge in [-0.3, -0.25) is 9.69 Å². The molecule has 0 bridgehead atoms. The van der Waals surface area contributed by atoms with Crippen LogP contribution in [0.1, 0.15) is 67.7 Å². The van der Waals surface area contributed by atoms with Crippen molar-refractivity contribution in [2.45, 2.75) is 65.7 Å². The highest BCUT2D eigenvalue weighted by molar-refractivity contribution is 5.92. The van der Waals surface area contributed by atoms with E-state index in [0.29, 0.717) is 25.5 Å². The van der Waals surface area contributed by atoms with E-state index in [9.17, 15) is 9.18 Å². The van der Waals surface area contributed by atoms with E-state index in [2.05, 4.69) is 60.2 Å². The van der Waals surface area contributed by atoms with E-state index in [1.807, 2.05) is 13.8 Å². The van der Waals surface area contributed by atoms with E-state index >= 15 is 0 Å². The highest BCUT2D eigenvalue weighted by Crippen LogP contribution is 2.23. The molecule has 0 saturated heterocycles. The van der Waals surface area contributed by atoms with Gasteiger partial charge in [-0.2, -0.15) is 0 Å². The molecule has 0 atom stereocenters. The number of carbonyl (C=O) groups excluding carboxylic acids is 1. The Morgan fingerprint density at radius 2 is 1.56 bits per heavy atom. The minimum atomic E-state index is -0.258. The van der Waals surface area contributed by atoms with Crippen molar-refractivity contribution < 1.29 is 13.6 Å². The summed E-state index contributed by atoms with van der Waals surface area (Å²) < 4.78 is 18.9. The maximum atomic E-state index is 13.3. The second kappa shape index (κ2) is 10.1. The lowest BCUT2D eigenvalue weighted by Crippen LogP contribution is -2.30. The molecular formula is C26H32FN3O2. The fourth-order valence-corrected chi connectivity index (χ4v) is 3.40. The fourth-order valence-electron chi connectivity index (χ4n) is 3.40. The topological polar surface area (TPSA) is 58.4 Å². The summed E-state index contributed by atoms with van der Waals surface area (Å²) in [7, 11) is 0. The van der Waals surface area contributed by atoms with Crippen molar-refractivity contribution >= 4 is 5.91 Å².